The average Bonchev–Trinajstić information content (AvgIpc) is 2.75. The fraction of sp³-hybridized carbons (Fsp3) is 0.808. The van der Waals surface area contributed by atoms with Crippen LogP contribution in [-0.2, 0) is 14.4 Å². The summed E-state index contributed by atoms with van der Waals surface area (Å²) in [7, 11) is 0. The molecule has 0 fully saturated rings. The van der Waals surface area contributed by atoms with Gasteiger partial charge < -0.3 is 15.3 Å². The quantitative estimate of drug-likeness (QED) is 0.110. The lowest BCUT2D eigenvalue weighted by atomic mass is 9.94. The van der Waals surface area contributed by atoms with Gasteiger partial charge >= 0.3 is 17.9 Å². The first-order chi connectivity index (χ1) is 15.7. The zero-order valence-electron chi connectivity index (χ0n) is 21.3. The van der Waals surface area contributed by atoms with E-state index in [0.717, 1.165) is 19.3 Å². The van der Waals surface area contributed by atoms with Crippen molar-refractivity contribution in [3.8, 4) is 0 Å². The second-order valence-electron chi connectivity index (χ2n) is 9.03. The summed E-state index contributed by atoms with van der Waals surface area (Å²) in [5.41, 5.74) is 0. The third-order valence-electron chi connectivity index (χ3n) is 6.81. The second kappa shape index (κ2) is 17.6. The van der Waals surface area contributed by atoms with Crippen LogP contribution in [0.1, 0.15) is 111 Å². The average molecular weight is 471 g/mol. The van der Waals surface area contributed by atoms with Gasteiger partial charge in [-0.05, 0) is 32.1 Å². The number of aliphatic carboxylic acids is 3. The Morgan fingerprint density at radius 1 is 0.606 bits per heavy atom. The fourth-order valence-electron chi connectivity index (χ4n) is 5.21. The number of carbonyl (C=O) groups is 3. The van der Waals surface area contributed by atoms with Crippen LogP contribution in [-0.4, -0.2) is 62.4 Å². The number of nitrogens with zero attached hydrogens (tertiary/aromatic N) is 1. The van der Waals surface area contributed by atoms with E-state index in [1.165, 1.54) is 38.5 Å². The lowest BCUT2D eigenvalue weighted by molar-refractivity contribution is -0.973. The zero-order chi connectivity index (χ0) is 25.3. The third-order valence-corrected chi connectivity index (χ3v) is 6.81. The topological polar surface area (TPSA) is 112 Å². The molecular weight excluding hydrogens is 422 g/mol. The Bertz CT molecular complexity index is 549. The maximum Gasteiger partial charge on any atom is 0.362 e. The molecule has 0 aliphatic heterocycles. The van der Waals surface area contributed by atoms with E-state index >= 15 is 0 Å². The van der Waals surface area contributed by atoms with Crippen LogP contribution >= 0.6 is 0 Å². The minimum absolute atomic E-state index is 0.182. The van der Waals surface area contributed by atoms with Crippen molar-refractivity contribution in [2.45, 2.75) is 129 Å². The molecule has 7 heteroatoms. The molecule has 0 rings (SSSR count). The summed E-state index contributed by atoms with van der Waals surface area (Å²) in [5.74, 6) is -3.39. The van der Waals surface area contributed by atoms with Crippen molar-refractivity contribution in [1.82, 2.24) is 0 Å². The lowest BCUT2D eigenvalue weighted by Crippen LogP contribution is -2.72. The van der Waals surface area contributed by atoms with Gasteiger partial charge in [0.2, 0.25) is 0 Å². The van der Waals surface area contributed by atoms with Gasteiger partial charge in [-0.1, -0.05) is 72.0 Å². The van der Waals surface area contributed by atoms with Crippen molar-refractivity contribution in [2.24, 2.45) is 0 Å². The van der Waals surface area contributed by atoms with Gasteiger partial charge in [-0.15, -0.1) is 0 Å². The summed E-state index contributed by atoms with van der Waals surface area (Å²) < 4.78 is -0.426. The van der Waals surface area contributed by atoms with E-state index in [9.17, 15) is 29.7 Å². The summed E-state index contributed by atoms with van der Waals surface area (Å²) >= 11 is 0. The molecule has 0 amide bonds. The number of carboxylic acid groups (broad SMARTS) is 3. The second-order valence-corrected chi connectivity index (χ2v) is 9.03. The zero-order valence-corrected chi connectivity index (χ0v) is 21.3. The van der Waals surface area contributed by atoms with E-state index < -0.39 is 40.5 Å². The van der Waals surface area contributed by atoms with Crippen molar-refractivity contribution >= 4 is 17.9 Å². The largest absolute Gasteiger partial charge is 0.477 e. The molecule has 0 saturated carbocycles. The number of hydrogen-bond donors (Lipinski definition) is 3. The van der Waals surface area contributed by atoms with Crippen LogP contribution in [0.2, 0.25) is 0 Å². The minimum atomic E-state index is -1.13. The summed E-state index contributed by atoms with van der Waals surface area (Å²) in [4.78, 5) is 36.5. The van der Waals surface area contributed by atoms with Crippen molar-refractivity contribution in [3.63, 3.8) is 0 Å². The lowest BCUT2D eigenvalue weighted by Gasteiger charge is -2.49. The normalized spacial score (nSPS) is 16.2. The van der Waals surface area contributed by atoms with E-state index in [2.05, 4.69) is 19.1 Å². The van der Waals surface area contributed by atoms with E-state index in [0.29, 0.717) is 6.42 Å². The first-order valence-corrected chi connectivity index (χ1v) is 12.9. The Morgan fingerprint density at radius 3 is 1.33 bits per heavy atom. The minimum Gasteiger partial charge on any atom is -0.477 e. The van der Waals surface area contributed by atoms with E-state index in [4.69, 9.17) is 0 Å². The molecule has 33 heavy (non-hydrogen) atoms. The van der Waals surface area contributed by atoms with Crippen LogP contribution in [0.3, 0.4) is 0 Å². The molecule has 0 aliphatic carbocycles. The smallest absolute Gasteiger partial charge is 0.362 e. The Kier molecular flexibility index (Phi) is 16.6. The molecule has 0 spiro atoms. The summed E-state index contributed by atoms with van der Waals surface area (Å²) in [6, 6.07) is -3.22. The fourth-order valence-corrected chi connectivity index (χ4v) is 5.21. The molecule has 0 radical (unpaired) electrons. The molecule has 0 aromatic rings. The molecule has 0 saturated heterocycles. The van der Waals surface area contributed by atoms with Gasteiger partial charge in [0.1, 0.15) is 0 Å². The number of hydrogen-bond acceptors (Lipinski definition) is 3. The molecule has 3 unspecified atom stereocenters. The SMILES string of the molecule is CCCCCCCC/C=C/CCCC[N+](C(CC)C(=O)O)(C(CC)C(=O)O)C(CC)C(=O)O. The summed E-state index contributed by atoms with van der Waals surface area (Å²) in [6.07, 6.45) is 15.7. The van der Waals surface area contributed by atoms with Crippen molar-refractivity contribution in [3.05, 3.63) is 12.2 Å². The van der Waals surface area contributed by atoms with E-state index in [-0.39, 0.29) is 25.8 Å². The molecule has 0 heterocycles. The van der Waals surface area contributed by atoms with Crippen molar-refractivity contribution < 1.29 is 34.2 Å². The molecule has 192 valence electrons. The van der Waals surface area contributed by atoms with Gasteiger partial charge in [0, 0.05) is 19.3 Å². The standard InChI is InChI=1S/C26H47NO6/c1-5-9-10-11-12-13-14-15-16-17-18-19-20-27(21(6-2)24(28)29,22(7-3)25(30)31)23(8-4)26(32)33/h15-16,21-23H,5-14,17-20H2,1-4H3,(H2-,28,29,30,31,32,33)/p+1/b16-15+. The van der Waals surface area contributed by atoms with Crippen LogP contribution in [0.4, 0.5) is 0 Å². The molecule has 7 nitrogen and oxygen atoms in total. The first kappa shape index (κ1) is 31.1. The van der Waals surface area contributed by atoms with Gasteiger partial charge in [0.05, 0.1) is 6.54 Å². The number of quaternary nitrogens is 1. The number of carboxylic acids is 3. The maximum absolute atomic E-state index is 12.2. The molecule has 0 aliphatic rings. The van der Waals surface area contributed by atoms with Crippen LogP contribution in [0.5, 0.6) is 0 Å². The van der Waals surface area contributed by atoms with Gasteiger partial charge in [-0.25, -0.2) is 14.4 Å². The van der Waals surface area contributed by atoms with E-state index in [1.54, 1.807) is 20.8 Å². The Labute approximate surface area is 200 Å². The molecule has 0 aromatic carbocycles. The van der Waals surface area contributed by atoms with Gasteiger partial charge in [0.25, 0.3) is 0 Å². The van der Waals surface area contributed by atoms with Crippen molar-refractivity contribution in [1.29, 1.82) is 0 Å². The van der Waals surface area contributed by atoms with Crippen LogP contribution in [0, 0.1) is 0 Å². The van der Waals surface area contributed by atoms with Crippen molar-refractivity contribution in [2.75, 3.05) is 6.54 Å². The van der Waals surface area contributed by atoms with Crippen LogP contribution in [0.15, 0.2) is 12.2 Å². The number of unbranched alkanes of at least 4 members (excludes halogenated alkanes) is 8. The third kappa shape index (κ3) is 9.86. The summed E-state index contributed by atoms with van der Waals surface area (Å²) in [5, 5.41) is 29.8. The molecule has 0 aromatic heterocycles. The Balaban J connectivity index is 5.29. The molecule has 0 bridgehead atoms. The Morgan fingerprint density at radius 2 is 0.970 bits per heavy atom. The predicted molar refractivity (Wildman–Crippen MR) is 131 cm³/mol. The predicted octanol–water partition coefficient (Wildman–Crippen LogP) is 5.87. The highest BCUT2D eigenvalue weighted by Gasteiger charge is 2.55. The van der Waals surface area contributed by atoms with Gasteiger partial charge in [-0.2, -0.15) is 0 Å². The highest BCUT2D eigenvalue weighted by molar-refractivity contribution is 5.78. The molecular formula is C26H48NO6+. The van der Waals surface area contributed by atoms with Gasteiger partial charge in [-0.3, -0.25) is 4.48 Å². The summed E-state index contributed by atoms with van der Waals surface area (Å²) in [6.45, 7) is 7.52. The number of allylic oxidation sites excluding steroid dienone is 2. The van der Waals surface area contributed by atoms with Crippen LogP contribution in [0.25, 0.3) is 0 Å². The molecule has 3 atom stereocenters. The highest BCUT2D eigenvalue weighted by Crippen LogP contribution is 2.32. The van der Waals surface area contributed by atoms with E-state index in [1.807, 2.05) is 0 Å². The first-order valence-electron chi connectivity index (χ1n) is 12.9. The van der Waals surface area contributed by atoms with Gasteiger partial charge in [0.15, 0.2) is 18.1 Å². The number of rotatable bonds is 21. The maximum atomic E-state index is 12.2. The highest BCUT2D eigenvalue weighted by atomic mass is 16.4. The molecule has 3 N–H and O–H groups in total. The monoisotopic (exact) mass is 470 g/mol. The Hall–Kier alpha value is -1.89. The van der Waals surface area contributed by atoms with Crippen LogP contribution < -0.4 is 0 Å².